The second-order valence-corrected chi connectivity index (χ2v) is 6.43. The molecule has 0 bridgehead atoms. The van der Waals surface area contributed by atoms with E-state index in [1.807, 2.05) is 0 Å². The highest BCUT2D eigenvalue weighted by atomic mass is 19.4. The molecule has 0 atom stereocenters. The smallest absolute Gasteiger partial charge is 0.422 e. The van der Waals surface area contributed by atoms with Crippen molar-refractivity contribution in [2.45, 2.75) is 32.0 Å². The van der Waals surface area contributed by atoms with Gasteiger partial charge < -0.3 is 20.7 Å². The van der Waals surface area contributed by atoms with Crippen LogP contribution in [-0.2, 0) is 0 Å². The number of aromatic nitrogens is 3. The molecule has 2 heterocycles. The van der Waals surface area contributed by atoms with Gasteiger partial charge in [-0.15, -0.1) is 0 Å². The predicted molar refractivity (Wildman–Crippen MR) is 95.3 cm³/mol. The van der Waals surface area contributed by atoms with E-state index in [2.05, 4.69) is 35.6 Å². The molecular weight excluding hydrogens is 380 g/mol. The van der Waals surface area contributed by atoms with Gasteiger partial charge in [0.2, 0.25) is 11.9 Å². The molecule has 152 valence electrons. The van der Waals surface area contributed by atoms with E-state index in [9.17, 15) is 17.6 Å². The summed E-state index contributed by atoms with van der Waals surface area (Å²) >= 11 is 0. The molecule has 11 heteroatoms. The van der Waals surface area contributed by atoms with E-state index < -0.39 is 18.8 Å². The van der Waals surface area contributed by atoms with E-state index in [1.165, 1.54) is 18.2 Å². The third-order valence-electron chi connectivity index (χ3n) is 4.07. The highest BCUT2D eigenvalue weighted by molar-refractivity contribution is 5.55. The van der Waals surface area contributed by atoms with Crippen LogP contribution in [-0.4, -0.2) is 46.9 Å². The maximum Gasteiger partial charge on any atom is 0.422 e. The lowest BCUT2D eigenvalue weighted by molar-refractivity contribution is -0.154. The molecule has 28 heavy (non-hydrogen) atoms. The van der Waals surface area contributed by atoms with Crippen molar-refractivity contribution in [3.63, 3.8) is 0 Å². The molecule has 2 aromatic rings. The van der Waals surface area contributed by atoms with Gasteiger partial charge in [0.05, 0.1) is 0 Å². The molecule has 1 aromatic carbocycles. The molecule has 7 nitrogen and oxygen atoms in total. The van der Waals surface area contributed by atoms with Crippen LogP contribution in [0.15, 0.2) is 18.2 Å². The topological polar surface area (TPSA) is 84.0 Å². The Morgan fingerprint density at radius 3 is 2.54 bits per heavy atom. The first-order valence-electron chi connectivity index (χ1n) is 8.74. The SMILES string of the molecule is Cc1cc(Nc2nc(NC3CCNCC3)nc(OCC(F)(F)F)n2)ccc1F. The average Bonchev–Trinajstić information content (AvgIpc) is 2.63. The fraction of sp³-hybridized carbons (Fsp3) is 0.471. The number of ether oxygens (including phenoxy) is 1. The van der Waals surface area contributed by atoms with Gasteiger partial charge in [-0.25, -0.2) is 4.39 Å². The van der Waals surface area contributed by atoms with E-state index in [0.717, 1.165) is 25.9 Å². The number of piperidine rings is 1. The van der Waals surface area contributed by atoms with E-state index in [4.69, 9.17) is 0 Å². The number of benzene rings is 1. The molecule has 0 unspecified atom stereocenters. The van der Waals surface area contributed by atoms with Gasteiger partial charge >= 0.3 is 12.2 Å². The molecule has 0 amide bonds. The fourth-order valence-corrected chi connectivity index (χ4v) is 2.69. The summed E-state index contributed by atoms with van der Waals surface area (Å²) in [6, 6.07) is 3.91. The monoisotopic (exact) mass is 400 g/mol. The molecule has 0 aliphatic carbocycles. The Morgan fingerprint density at radius 2 is 1.86 bits per heavy atom. The van der Waals surface area contributed by atoms with Gasteiger partial charge in [0.25, 0.3) is 0 Å². The van der Waals surface area contributed by atoms with Crippen molar-refractivity contribution in [1.29, 1.82) is 0 Å². The van der Waals surface area contributed by atoms with Crippen LogP contribution in [0.4, 0.5) is 35.1 Å². The summed E-state index contributed by atoms with van der Waals surface area (Å²) in [5.74, 6) is -0.265. The Balaban J connectivity index is 1.81. The molecule has 1 aliphatic heterocycles. The number of hydrogen-bond acceptors (Lipinski definition) is 7. The summed E-state index contributed by atoms with van der Waals surface area (Å²) in [6.45, 7) is 1.72. The fourth-order valence-electron chi connectivity index (χ4n) is 2.69. The first kappa shape index (κ1) is 20.1. The highest BCUT2D eigenvalue weighted by Gasteiger charge is 2.29. The Hall–Kier alpha value is -2.69. The Kier molecular flexibility index (Phi) is 6.12. The van der Waals surface area contributed by atoms with E-state index in [0.29, 0.717) is 11.3 Å². The van der Waals surface area contributed by atoms with Crippen LogP contribution >= 0.6 is 0 Å². The van der Waals surface area contributed by atoms with Gasteiger partial charge in [0, 0.05) is 11.7 Å². The lowest BCUT2D eigenvalue weighted by Gasteiger charge is -2.23. The Labute approximate surface area is 158 Å². The number of alkyl halides is 3. The van der Waals surface area contributed by atoms with Gasteiger partial charge in [-0.3, -0.25) is 0 Å². The van der Waals surface area contributed by atoms with Gasteiger partial charge in [-0.2, -0.15) is 28.1 Å². The first-order valence-corrected chi connectivity index (χ1v) is 8.74. The van der Waals surface area contributed by atoms with Crippen molar-refractivity contribution < 1.29 is 22.3 Å². The molecule has 1 aromatic heterocycles. The molecule has 1 aliphatic rings. The molecule has 1 fully saturated rings. The molecule has 1 saturated heterocycles. The number of rotatable bonds is 6. The molecule has 3 rings (SSSR count). The Morgan fingerprint density at radius 1 is 1.14 bits per heavy atom. The third kappa shape index (κ3) is 5.91. The van der Waals surface area contributed by atoms with Crippen molar-refractivity contribution >= 4 is 17.6 Å². The average molecular weight is 400 g/mol. The zero-order valence-corrected chi connectivity index (χ0v) is 15.1. The summed E-state index contributed by atoms with van der Waals surface area (Å²) in [6.07, 6.45) is -2.87. The minimum absolute atomic E-state index is 0.00498. The second-order valence-electron chi connectivity index (χ2n) is 6.43. The van der Waals surface area contributed by atoms with E-state index in [-0.39, 0.29) is 23.8 Å². The summed E-state index contributed by atoms with van der Waals surface area (Å²) < 4.78 is 55.5. The summed E-state index contributed by atoms with van der Waals surface area (Å²) in [5.41, 5.74) is 0.889. The molecule has 0 radical (unpaired) electrons. The maximum atomic E-state index is 13.4. The summed E-state index contributed by atoms with van der Waals surface area (Å²) in [7, 11) is 0. The van der Waals surface area contributed by atoms with Gasteiger partial charge in [0.1, 0.15) is 5.82 Å². The minimum Gasteiger partial charge on any atom is -0.454 e. The van der Waals surface area contributed by atoms with Crippen LogP contribution in [0.1, 0.15) is 18.4 Å². The van der Waals surface area contributed by atoms with Gasteiger partial charge in [-0.1, -0.05) is 0 Å². The van der Waals surface area contributed by atoms with Crippen LogP contribution in [0.3, 0.4) is 0 Å². The Bertz CT molecular complexity index is 811. The zero-order valence-electron chi connectivity index (χ0n) is 15.1. The van der Waals surface area contributed by atoms with Crippen LogP contribution < -0.4 is 20.7 Å². The minimum atomic E-state index is -4.52. The van der Waals surface area contributed by atoms with Gasteiger partial charge in [0.15, 0.2) is 6.61 Å². The molecule has 0 spiro atoms. The van der Waals surface area contributed by atoms with Crippen LogP contribution in [0.25, 0.3) is 0 Å². The summed E-state index contributed by atoms with van der Waals surface area (Å²) in [5, 5.41) is 9.16. The van der Waals surface area contributed by atoms with Crippen molar-refractivity contribution in [2.24, 2.45) is 0 Å². The molecule has 0 saturated carbocycles. The number of aryl methyl sites for hydroxylation is 1. The molecular formula is C17H20F4N6O. The third-order valence-corrected chi connectivity index (χ3v) is 4.07. The van der Waals surface area contributed by atoms with Crippen molar-refractivity contribution in [1.82, 2.24) is 20.3 Å². The standard InChI is InChI=1S/C17H20F4N6O/c1-10-8-12(2-3-13(10)18)24-15-25-14(23-11-4-6-22-7-5-11)26-16(27-15)28-9-17(19,20)21/h2-3,8,11,22H,4-7,9H2,1H3,(H2,23,24,25,26,27). The first-order chi connectivity index (χ1) is 13.3. The zero-order chi connectivity index (χ0) is 20.1. The van der Waals surface area contributed by atoms with Crippen molar-refractivity contribution in [2.75, 3.05) is 30.3 Å². The number of nitrogens with zero attached hydrogens (tertiary/aromatic N) is 3. The van der Waals surface area contributed by atoms with Crippen LogP contribution in [0, 0.1) is 12.7 Å². The van der Waals surface area contributed by atoms with Crippen molar-refractivity contribution in [3.05, 3.63) is 29.6 Å². The normalized spacial score (nSPS) is 15.3. The van der Waals surface area contributed by atoms with Crippen molar-refractivity contribution in [3.8, 4) is 6.01 Å². The van der Waals surface area contributed by atoms with Crippen LogP contribution in [0.5, 0.6) is 6.01 Å². The number of nitrogens with one attached hydrogen (secondary N) is 3. The quantitative estimate of drug-likeness (QED) is 0.643. The number of halogens is 4. The predicted octanol–water partition coefficient (Wildman–Crippen LogP) is 3.17. The summed E-state index contributed by atoms with van der Waals surface area (Å²) in [4.78, 5) is 12.0. The molecule has 3 N–H and O–H groups in total. The van der Waals surface area contributed by atoms with Crippen LogP contribution in [0.2, 0.25) is 0 Å². The highest BCUT2D eigenvalue weighted by Crippen LogP contribution is 2.22. The second kappa shape index (κ2) is 8.55. The lowest BCUT2D eigenvalue weighted by Crippen LogP contribution is -2.35. The number of hydrogen-bond donors (Lipinski definition) is 3. The van der Waals surface area contributed by atoms with E-state index >= 15 is 0 Å². The number of anilines is 3. The largest absolute Gasteiger partial charge is 0.454 e. The van der Waals surface area contributed by atoms with E-state index in [1.54, 1.807) is 6.92 Å². The van der Waals surface area contributed by atoms with Gasteiger partial charge in [-0.05, 0) is 56.6 Å². The maximum absolute atomic E-state index is 13.4. The lowest BCUT2D eigenvalue weighted by atomic mass is 10.1.